The molecule has 0 saturated carbocycles. The van der Waals surface area contributed by atoms with Crippen molar-refractivity contribution in [2.75, 3.05) is 0 Å². The molecule has 0 saturated heterocycles. The molecule has 242 valence electrons. The van der Waals surface area contributed by atoms with Gasteiger partial charge >= 0.3 is 0 Å². The van der Waals surface area contributed by atoms with Crippen LogP contribution in [-0.4, -0.2) is 0 Å². The maximum absolute atomic E-state index is 6.09. The summed E-state index contributed by atoms with van der Waals surface area (Å²) in [6, 6.07) is 39.8. The predicted molar refractivity (Wildman–Crippen MR) is 217 cm³/mol. The second-order valence-electron chi connectivity index (χ2n) is 11.4. The summed E-state index contributed by atoms with van der Waals surface area (Å²) in [5, 5.41) is 7.44. The molecule has 0 unspecified atom stereocenters. The van der Waals surface area contributed by atoms with Crippen LogP contribution in [0.4, 0.5) is 0 Å². The van der Waals surface area contributed by atoms with Gasteiger partial charge in [0.15, 0.2) is 0 Å². The first kappa shape index (κ1) is 35.5. The molecule has 0 fully saturated rings. The molecule has 0 aliphatic carbocycles. The van der Waals surface area contributed by atoms with Gasteiger partial charge in [0.05, 0.1) is 0 Å². The smallest absolute Gasteiger partial charge is 0.00175 e. The number of hydrogen-bond donors (Lipinski definition) is 1. The molecular formula is C47H49N. The second kappa shape index (κ2) is 17.0. The molecule has 0 amide bonds. The van der Waals surface area contributed by atoms with E-state index in [-0.39, 0.29) is 0 Å². The first-order valence-corrected chi connectivity index (χ1v) is 17.1. The Labute approximate surface area is 288 Å². The van der Waals surface area contributed by atoms with E-state index in [1.54, 1.807) is 12.3 Å². The lowest BCUT2D eigenvalue weighted by molar-refractivity contribution is 1.39. The van der Waals surface area contributed by atoms with Gasteiger partial charge in [0.1, 0.15) is 0 Å². The fourth-order valence-electron chi connectivity index (χ4n) is 6.35. The lowest BCUT2D eigenvalue weighted by atomic mass is 9.83. The molecule has 6 aromatic rings. The maximum Gasteiger partial charge on any atom is 0.00175 e. The summed E-state index contributed by atoms with van der Waals surface area (Å²) in [7, 11) is 0. The monoisotopic (exact) mass is 627 g/mol. The van der Waals surface area contributed by atoms with Gasteiger partial charge in [-0.2, -0.15) is 0 Å². The Hall–Kier alpha value is -5.40. The molecule has 0 spiro atoms. The lowest BCUT2D eigenvalue weighted by Gasteiger charge is -2.20. The molecule has 1 nitrogen and oxygen atoms in total. The highest BCUT2D eigenvalue weighted by Crippen LogP contribution is 2.46. The van der Waals surface area contributed by atoms with Crippen LogP contribution in [0.15, 0.2) is 158 Å². The minimum absolute atomic E-state index is 1.02. The van der Waals surface area contributed by atoms with Crippen LogP contribution in [-0.2, 0) is 0 Å². The molecule has 6 aromatic carbocycles. The van der Waals surface area contributed by atoms with Crippen molar-refractivity contribution in [2.45, 2.75) is 48.5 Å². The minimum Gasteiger partial charge on any atom is -0.404 e. The molecular weight excluding hydrogens is 579 g/mol. The van der Waals surface area contributed by atoms with Crippen LogP contribution in [0.1, 0.15) is 59.6 Å². The van der Waals surface area contributed by atoms with Gasteiger partial charge in [0.25, 0.3) is 0 Å². The van der Waals surface area contributed by atoms with Crippen LogP contribution in [0.3, 0.4) is 0 Å². The quantitative estimate of drug-likeness (QED) is 0.138. The van der Waals surface area contributed by atoms with E-state index in [0.717, 1.165) is 11.1 Å². The van der Waals surface area contributed by atoms with Crippen molar-refractivity contribution in [3.05, 3.63) is 169 Å². The molecule has 1 heteroatoms. The van der Waals surface area contributed by atoms with Crippen molar-refractivity contribution in [1.82, 2.24) is 0 Å². The van der Waals surface area contributed by atoms with E-state index in [0.29, 0.717) is 0 Å². The van der Waals surface area contributed by atoms with Crippen molar-refractivity contribution >= 4 is 43.5 Å². The largest absolute Gasteiger partial charge is 0.404 e. The van der Waals surface area contributed by atoms with Crippen molar-refractivity contribution in [2.24, 2.45) is 5.73 Å². The minimum atomic E-state index is 1.02. The van der Waals surface area contributed by atoms with Gasteiger partial charge in [-0.3, -0.25) is 0 Å². The zero-order valence-electron chi connectivity index (χ0n) is 29.6. The molecule has 0 heterocycles. The predicted octanol–water partition coefficient (Wildman–Crippen LogP) is 13.9. The van der Waals surface area contributed by atoms with E-state index < -0.39 is 0 Å². The van der Waals surface area contributed by atoms with Crippen LogP contribution in [0.5, 0.6) is 0 Å². The Morgan fingerprint density at radius 2 is 1.12 bits per heavy atom. The third-order valence-electron chi connectivity index (χ3n) is 8.25. The number of nitrogens with two attached hydrogens (primary N) is 1. The van der Waals surface area contributed by atoms with Gasteiger partial charge in [-0.1, -0.05) is 173 Å². The topological polar surface area (TPSA) is 26.0 Å². The van der Waals surface area contributed by atoms with Gasteiger partial charge < -0.3 is 5.73 Å². The molecule has 0 bridgehead atoms. The molecule has 48 heavy (non-hydrogen) atoms. The summed E-state index contributed by atoms with van der Waals surface area (Å²) in [4.78, 5) is 0. The number of allylic oxidation sites excluding steroid dienone is 8. The third-order valence-corrected chi connectivity index (χ3v) is 8.25. The van der Waals surface area contributed by atoms with Gasteiger partial charge in [-0.15, -0.1) is 0 Å². The highest BCUT2D eigenvalue weighted by atomic mass is 14.5. The summed E-state index contributed by atoms with van der Waals surface area (Å²) in [6.07, 6.45) is 11.8. The SMILES string of the molecule is C=C/C=C\C=C(/C)c1ccc(-c2c3ccccc3c(-c3cccc(/C(C=C(C)C)=C/N)c3)c3ccccc23)c2ccccc12.CC.CC. The fourth-order valence-corrected chi connectivity index (χ4v) is 6.35. The van der Waals surface area contributed by atoms with Crippen LogP contribution in [0, 0.1) is 0 Å². The summed E-state index contributed by atoms with van der Waals surface area (Å²) in [6.45, 7) is 18.2. The van der Waals surface area contributed by atoms with E-state index in [9.17, 15) is 0 Å². The van der Waals surface area contributed by atoms with Crippen molar-refractivity contribution in [3.8, 4) is 22.3 Å². The lowest BCUT2D eigenvalue weighted by Crippen LogP contribution is -1.94. The average Bonchev–Trinajstić information content (AvgIpc) is 3.14. The van der Waals surface area contributed by atoms with Gasteiger partial charge in [-0.05, 0) is 104 Å². The Kier molecular flexibility index (Phi) is 12.5. The first-order valence-electron chi connectivity index (χ1n) is 17.1. The highest BCUT2D eigenvalue weighted by Gasteiger charge is 2.19. The summed E-state index contributed by atoms with van der Waals surface area (Å²) in [5.74, 6) is 0. The number of fused-ring (bicyclic) bond motifs is 3. The molecule has 0 aromatic heterocycles. The van der Waals surface area contributed by atoms with Crippen molar-refractivity contribution in [1.29, 1.82) is 0 Å². The molecule has 6 rings (SSSR count). The number of rotatable bonds is 7. The average molecular weight is 628 g/mol. The zero-order valence-corrected chi connectivity index (χ0v) is 29.6. The molecule has 0 radical (unpaired) electrons. The Morgan fingerprint density at radius 1 is 0.583 bits per heavy atom. The summed E-state index contributed by atoms with van der Waals surface area (Å²) >= 11 is 0. The molecule has 0 atom stereocenters. The molecule has 0 aliphatic heterocycles. The van der Waals surface area contributed by atoms with Crippen molar-refractivity contribution < 1.29 is 0 Å². The van der Waals surface area contributed by atoms with E-state index >= 15 is 0 Å². The molecule has 2 N–H and O–H groups in total. The highest BCUT2D eigenvalue weighted by molar-refractivity contribution is 6.24. The Bertz CT molecular complexity index is 2110. The van der Waals surface area contributed by atoms with E-state index in [4.69, 9.17) is 5.73 Å². The standard InChI is InChI=1S/C43H37N.2C2H6/c1-5-6-7-15-30(4)34-24-25-41(36-19-9-8-18-35(34)36)43-39-22-12-10-20-37(39)42(38-21-11-13-23-40(38)43)32-17-14-16-31(27-32)33(28-44)26-29(2)3;2*1-2/h5-28H,1,44H2,2-4H3;2*1-2H3/b7-6-,30-15+,33-28+;;. The van der Waals surface area contributed by atoms with Crippen LogP contribution in [0.25, 0.3) is 65.7 Å². The second-order valence-corrected chi connectivity index (χ2v) is 11.4. The first-order chi connectivity index (χ1) is 23.5. The number of benzene rings is 6. The maximum atomic E-state index is 6.09. The van der Waals surface area contributed by atoms with E-state index in [1.807, 2.05) is 39.8 Å². The van der Waals surface area contributed by atoms with Gasteiger partial charge in [0.2, 0.25) is 0 Å². The Morgan fingerprint density at radius 3 is 1.67 bits per heavy atom. The third kappa shape index (κ3) is 7.27. The Balaban J connectivity index is 0.00000125. The van der Waals surface area contributed by atoms with Crippen LogP contribution < -0.4 is 5.73 Å². The van der Waals surface area contributed by atoms with E-state index in [1.165, 1.54) is 71.3 Å². The zero-order chi connectivity index (χ0) is 34.6. The van der Waals surface area contributed by atoms with Gasteiger partial charge in [0, 0.05) is 6.20 Å². The van der Waals surface area contributed by atoms with E-state index in [2.05, 4.69) is 149 Å². The molecule has 0 aliphatic rings. The summed E-state index contributed by atoms with van der Waals surface area (Å²) < 4.78 is 0. The van der Waals surface area contributed by atoms with Gasteiger partial charge in [-0.25, -0.2) is 0 Å². The summed E-state index contributed by atoms with van der Waals surface area (Å²) in [5.41, 5.74) is 16.8. The normalized spacial score (nSPS) is 11.6. The fraction of sp³-hybridized carbons (Fsp3) is 0.149. The number of hydrogen-bond acceptors (Lipinski definition) is 1. The van der Waals surface area contributed by atoms with Crippen LogP contribution >= 0.6 is 0 Å². The van der Waals surface area contributed by atoms with Crippen molar-refractivity contribution in [3.63, 3.8) is 0 Å². The van der Waals surface area contributed by atoms with Crippen LogP contribution in [0.2, 0.25) is 0 Å².